The van der Waals surface area contributed by atoms with Gasteiger partial charge in [-0.3, -0.25) is 0 Å². The number of fused-ring (bicyclic) bond motifs is 6. The van der Waals surface area contributed by atoms with Crippen molar-refractivity contribution < 1.29 is 0 Å². The van der Waals surface area contributed by atoms with E-state index in [0.29, 0.717) is 0 Å². The maximum atomic E-state index is 2.35. The molecule has 0 bridgehead atoms. The first-order valence-corrected chi connectivity index (χ1v) is 7.84. The zero-order chi connectivity index (χ0) is 14.7. The minimum Gasteiger partial charge on any atom is -0.0683 e. The van der Waals surface area contributed by atoms with E-state index in [1.165, 1.54) is 49.0 Å². The molecule has 0 heteroatoms. The molecule has 1 aliphatic rings. The van der Waals surface area contributed by atoms with Crippen LogP contribution in [0, 0.1) is 0 Å². The van der Waals surface area contributed by atoms with Gasteiger partial charge in [0.1, 0.15) is 0 Å². The van der Waals surface area contributed by atoms with E-state index in [1.807, 2.05) is 0 Å². The highest BCUT2D eigenvalue weighted by atomic mass is 14.2. The molecule has 0 aromatic heterocycles. The summed E-state index contributed by atoms with van der Waals surface area (Å²) >= 11 is 0. The van der Waals surface area contributed by atoms with E-state index in [9.17, 15) is 0 Å². The van der Waals surface area contributed by atoms with Gasteiger partial charge in [-0.2, -0.15) is 0 Å². The van der Waals surface area contributed by atoms with Crippen LogP contribution >= 0.6 is 0 Å². The molecule has 0 saturated carbocycles. The van der Waals surface area contributed by atoms with E-state index in [2.05, 4.69) is 73.7 Å². The summed E-state index contributed by atoms with van der Waals surface area (Å²) in [6.07, 6.45) is 3.45. The van der Waals surface area contributed by atoms with Gasteiger partial charge >= 0.3 is 0 Å². The topological polar surface area (TPSA) is 0 Å². The lowest BCUT2D eigenvalue weighted by atomic mass is 9.94. The number of hydrogen-bond donors (Lipinski definition) is 0. The second kappa shape index (κ2) is 4.20. The van der Waals surface area contributed by atoms with Crippen molar-refractivity contribution in [2.45, 2.75) is 13.3 Å². The Kier molecular flexibility index (Phi) is 2.29. The molecule has 0 fully saturated rings. The molecule has 0 radical (unpaired) electrons. The van der Waals surface area contributed by atoms with Crippen LogP contribution in [-0.4, -0.2) is 0 Å². The molecule has 4 aromatic rings. The van der Waals surface area contributed by atoms with E-state index in [0.717, 1.165) is 6.42 Å². The minimum absolute atomic E-state index is 1.10. The molecule has 5 rings (SSSR count). The molecule has 0 saturated heterocycles. The lowest BCUT2D eigenvalue weighted by molar-refractivity contribution is 1.20. The van der Waals surface area contributed by atoms with Gasteiger partial charge in [-0.15, -0.1) is 0 Å². The predicted octanol–water partition coefficient (Wildman–Crippen LogP) is 6.11. The molecule has 0 unspecified atom stereocenters. The Balaban J connectivity index is 1.96. The Labute approximate surface area is 129 Å². The zero-order valence-corrected chi connectivity index (χ0v) is 12.6. The van der Waals surface area contributed by atoms with Gasteiger partial charge < -0.3 is 0 Å². The fourth-order valence-electron chi connectivity index (χ4n) is 3.82. The second-order valence-corrected chi connectivity index (χ2v) is 6.39. The van der Waals surface area contributed by atoms with Gasteiger partial charge in [0.05, 0.1) is 0 Å². The van der Waals surface area contributed by atoms with Crippen LogP contribution in [0.1, 0.15) is 18.1 Å². The van der Waals surface area contributed by atoms with Crippen molar-refractivity contribution in [2.75, 3.05) is 0 Å². The van der Waals surface area contributed by atoms with Gasteiger partial charge in [0.2, 0.25) is 0 Å². The van der Waals surface area contributed by atoms with Crippen LogP contribution in [-0.2, 0) is 6.42 Å². The van der Waals surface area contributed by atoms with Crippen molar-refractivity contribution in [3.63, 3.8) is 0 Å². The molecule has 22 heavy (non-hydrogen) atoms. The molecule has 0 atom stereocenters. The van der Waals surface area contributed by atoms with Gasteiger partial charge in [-0.1, -0.05) is 60.2 Å². The number of hydrogen-bond acceptors (Lipinski definition) is 0. The average Bonchev–Trinajstić information content (AvgIpc) is 2.93. The number of rotatable bonds is 0. The SMILES string of the molecule is CC1=Cc2c(ccc3c2ccc2cc4ccccc4cc23)C1. The monoisotopic (exact) mass is 280 g/mol. The first-order valence-electron chi connectivity index (χ1n) is 7.84. The van der Waals surface area contributed by atoms with Crippen molar-refractivity contribution in [3.8, 4) is 0 Å². The van der Waals surface area contributed by atoms with E-state index in [4.69, 9.17) is 0 Å². The molecule has 104 valence electrons. The highest BCUT2D eigenvalue weighted by Gasteiger charge is 2.13. The maximum absolute atomic E-state index is 2.35. The highest BCUT2D eigenvalue weighted by Crippen LogP contribution is 2.36. The smallest absolute Gasteiger partial charge is 0.00604 e. The van der Waals surface area contributed by atoms with Crippen molar-refractivity contribution in [1.82, 2.24) is 0 Å². The van der Waals surface area contributed by atoms with Crippen LogP contribution in [0.4, 0.5) is 0 Å². The van der Waals surface area contributed by atoms with Gasteiger partial charge in [0.25, 0.3) is 0 Å². The van der Waals surface area contributed by atoms with Crippen LogP contribution < -0.4 is 0 Å². The largest absolute Gasteiger partial charge is 0.0683 e. The van der Waals surface area contributed by atoms with Crippen molar-refractivity contribution >= 4 is 38.4 Å². The van der Waals surface area contributed by atoms with E-state index >= 15 is 0 Å². The quantitative estimate of drug-likeness (QED) is 0.269. The first-order chi connectivity index (χ1) is 10.8. The summed E-state index contributed by atoms with van der Waals surface area (Å²) in [6, 6.07) is 22.4. The first kappa shape index (κ1) is 12.0. The summed E-state index contributed by atoms with van der Waals surface area (Å²) in [5.74, 6) is 0. The van der Waals surface area contributed by atoms with Crippen molar-refractivity contribution in [1.29, 1.82) is 0 Å². The Hall–Kier alpha value is -2.60. The van der Waals surface area contributed by atoms with Crippen LogP contribution in [0.2, 0.25) is 0 Å². The van der Waals surface area contributed by atoms with Gasteiger partial charge in [-0.25, -0.2) is 0 Å². The highest BCUT2D eigenvalue weighted by molar-refractivity contribution is 6.14. The summed E-state index contributed by atoms with van der Waals surface area (Å²) in [4.78, 5) is 0. The Morgan fingerprint density at radius 3 is 2.32 bits per heavy atom. The third-order valence-electron chi connectivity index (χ3n) is 4.88. The molecule has 0 spiro atoms. The Morgan fingerprint density at radius 2 is 1.45 bits per heavy atom. The molecule has 0 N–H and O–H groups in total. The Bertz CT molecular complexity index is 1100. The van der Waals surface area contributed by atoms with Crippen molar-refractivity contribution in [3.05, 3.63) is 77.4 Å². The average molecular weight is 280 g/mol. The zero-order valence-electron chi connectivity index (χ0n) is 12.6. The van der Waals surface area contributed by atoms with Crippen LogP contribution in [0.3, 0.4) is 0 Å². The standard InChI is InChI=1S/C22H16/c1-14-10-17-6-8-20-19(21(17)11-14)9-7-18-12-15-4-2-3-5-16(15)13-22(18)20/h2-9,11-13H,10H2,1H3. The Morgan fingerprint density at radius 1 is 0.682 bits per heavy atom. The summed E-state index contributed by atoms with van der Waals surface area (Å²) < 4.78 is 0. The van der Waals surface area contributed by atoms with Gasteiger partial charge in [-0.05, 0) is 68.9 Å². The third kappa shape index (κ3) is 1.58. The summed E-state index contributed by atoms with van der Waals surface area (Å²) in [5, 5.41) is 8.06. The maximum Gasteiger partial charge on any atom is -0.00604 e. The molecule has 0 amide bonds. The lowest BCUT2D eigenvalue weighted by Crippen LogP contribution is -1.86. The summed E-state index contributed by atoms with van der Waals surface area (Å²) in [6.45, 7) is 2.22. The van der Waals surface area contributed by atoms with Gasteiger partial charge in [0, 0.05) is 0 Å². The molecular weight excluding hydrogens is 264 g/mol. The summed E-state index contributed by atoms with van der Waals surface area (Å²) in [5.41, 5.74) is 4.34. The number of benzene rings is 4. The third-order valence-corrected chi connectivity index (χ3v) is 4.88. The molecule has 0 heterocycles. The van der Waals surface area contributed by atoms with E-state index in [1.54, 1.807) is 0 Å². The molecule has 1 aliphatic carbocycles. The molecular formula is C22H16. The van der Waals surface area contributed by atoms with E-state index in [-0.39, 0.29) is 0 Å². The lowest BCUT2D eigenvalue weighted by Gasteiger charge is -2.09. The van der Waals surface area contributed by atoms with Crippen molar-refractivity contribution in [2.24, 2.45) is 0 Å². The van der Waals surface area contributed by atoms with E-state index < -0.39 is 0 Å². The minimum atomic E-state index is 1.10. The number of allylic oxidation sites excluding steroid dienone is 1. The summed E-state index contributed by atoms with van der Waals surface area (Å²) in [7, 11) is 0. The molecule has 4 aromatic carbocycles. The van der Waals surface area contributed by atoms with Crippen LogP contribution in [0.15, 0.2) is 66.2 Å². The normalized spacial score (nSPS) is 13.8. The van der Waals surface area contributed by atoms with Gasteiger partial charge in [0.15, 0.2) is 0 Å². The second-order valence-electron chi connectivity index (χ2n) is 6.39. The fraction of sp³-hybridized carbons (Fsp3) is 0.0909. The molecule has 0 aliphatic heterocycles. The predicted molar refractivity (Wildman–Crippen MR) is 96.3 cm³/mol. The molecule has 0 nitrogen and oxygen atoms in total. The van der Waals surface area contributed by atoms with Crippen LogP contribution in [0.5, 0.6) is 0 Å². The fourth-order valence-corrected chi connectivity index (χ4v) is 3.82. The van der Waals surface area contributed by atoms with Crippen LogP contribution in [0.25, 0.3) is 38.4 Å².